The van der Waals surface area contributed by atoms with E-state index in [4.69, 9.17) is 11.6 Å². The van der Waals surface area contributed by atoms with E-state index < -0.39 is 6.10 Å². The highest BCUT2D eigenvalue weighted by Gasteiger charge is 2.26. The quantitative estimate of drug-likeness (QED) is 0.875. The Kier molecular flexibility index (Phi) is 3.88. The Bertz CT molecular complexity index is 419. The van der Waals surface area contributed by atoms with E-state index in [1.807, 2.05) is 18.2 Å². The Morgan fingerprint density at radius 1 is 1.28 bits per heavy atom. The summed E-state index contributed by atoms with van der Waals surface area (Å²) in [7, 11) is 0. The lowest BCUT2D eigenvalue weighted by Crippen LogP contribution is -2.37. The summed E-state index contributed by atoms with van der Waals surface area (Å²) in [6.45, 7) is 8.52. The van der Waals surface area contributed by atoms with Gasteiger partial charge in [-0.3, -0.25) is 0 Å². The fourth-order valence-corrected chi connectivity index (χ4v) is 2.70. The first-order chi connectivity index (χ1) is 8.39. The lowest BCUT2D eigenvalue weighted by Gasteiger charge is -2.38. The number of hydrogen-bond acceptors (Lipinski definition) is 2. The number of aliphatic hydroxyl groups excluding tert-OH is 1. The zero-order valence-electron chi connectivity index (χ0n) is 11.4. The zero-order chi connectivity index (χ0) is 13.3. The fraction of sp³-hybridized carbons (Fsp3) is 0.600. The van der Waals surface area contributed by atoms with Gasteiger partial charge in [-0.05, 0) is 42.9 Å². The molecule has 3 heteroatoms. The molecule has 18 heavy (non-hydrogen) atoms. The van der Waals surface area contributed by atoms with Gasteiger partial charge in [-0.1, -0.05) is 31.5 Å². The minimum atomic E-state index is -0.461. The van der Waals surface area contributed by atoms with Crippen molar-refractivity contribution in [1.29, 1.82) is 0 Å². The molecule has 2 nitrogen and oxygen atoms in total. The first-order valence-corrected chi connectivity index (χ1v) is 6.99. The minimum absolute atomic E-state index is 0.447. The van der Waals surface area contributed by atoms with E-state index in [0.717, 1.165) is 29.4 Å². The average molecular weight is 268 g/mol. The lowest BCUT2D eigenvalue weighted by molar-refractivity contribution is 0.199. The third-order valence-corrected chi connectivity index (χ3v) is 4.21. The van der Waals surface area contributed by atoms with E-state index >= 15 is 0 Å². The monoisotopic (exact) mass is 267 g/mol. The largest absolute Gasteiger partial charge is 0.389 e. The van der Waals surface area contributed by atoms with Gasteiger partial charge in [-0.25, -0.2) is 0 Å². The molecule has 0 aliphatic carbocycles. The minimum Gasteiger partial charge on any atom is -0.389 e. The van der Waals surface area contributed by atoms with Crippen molar-refractivity contribution in [3.63, 3.8) is 0 Å². The molecule has 1 atom stereocenters. The van der Waals surface area contributed by atoms with Crippen LogP contribution in [0.25, 0.3) is 0 Å². The summed E-state index contributed by atoms with van der Waals surface area (Å²) < 4.78 is 0. The third kappa shape index (κ3) is 2.99. The Labute approximate surface area is 115 Å². The van der Waals surface area contributed by atoms with Crippen LogP contribution in [0.2, 0.25) is 5.02 Å². The second kappa shape index (κ2) is 5.10. The van der Waals surface area contributed by atoms with Crippen molar-refractivity contribution >= 4 is 17.3 Å². The van der Waals surface area contributed by atoms with Crippen LogP contribution in [-0.4, -0.2) is 18.2 Å². The molecule has 1 aromatic carbocycles. The molecule has 1 heterocycles. The van der Waals surface area contributed by atoms with Crippen molar-refractivity contribution in [2.24, 2.45) is 5.41 Å². The van der Waals surface area contributed by atoms with Crippen LogP contribution in [0.3, 0.4) is 0 Å². The number of piperidine rings is 1. The van der Waals surface area contributed by atoms with Crippen LogP contribution in [0.15, 0.2) is 18.2 Å². The van der Waals surface area contributed by atoms with Crippen molar-refractivity contribution in [3.8, 4) is 0 Å². The molecule has 1 saturated heterocycles. The molecule has 1 fully saturated rings. The summed E-state index contributed by atoms with van der Waals surface area (Å²) in [5, 5.41) is 10.3. The number of nitrogens with zero attached hydrogens (tertiary/aromatic N) is 1. The summed E-state index contributed by atoms with van der Waals surface area (Å²) in [5.41, 5.74) is 2.42. The van der Waals surface area contributed by atoms with Crippen LogP contribution >= 0.6 is 11.6 Å². The molecule has 100 valence electrons. The molecule has 1 aliphatic heterocycles. The van der Waals surface area contributed by atoms with E-state index in [0.29, 0.717) is 5.41 Å². The molecular formula is C15H22ClNO. The van der Waals surface area contributed by atoms with E-state index in [1.165, 1.54) is 12.8 Å². The molecular weight excluding hydrogens is 246 g/mol. The molecule has 0 amide bonds. The molecule has 0 radical (unpaired) electrons. The Morgan fingerprint density at radius 2 is 1.89 bits per heavy atom. The van der Waals surface area contributed by atoms with Gasteiger partial charge in [0, 0.05) is 13.1 Å². The van der Waals surface area contributed by atoms with E-state index in [9.17, 15) is 5.11 Å². The Morgan fingerprint density at radius 3 is 2.39 bits per heavy atom. The molecule has 1 aromatic rings. The van der Waals surface area contributed by atoms with Crippen molar-refractivity contribution in [2.45, 2.75) is 39.7 Å². The van der Waals surface area contributed by atoms with Gasteiger partial charge >= 0.3 is 0 Å². The smallest absolute Gasteiger partial charge is 0.0762 e. The number of anilines is 1. The van der Waals surface area contributed by atoms with Gasteiger partial charge in [0.2, 0.25) is 0 Å². The first kappa shape index (κ1) is 13.7. The number of benzene rings is 1. The standard InChI is InChI=1S/C15H22ClNO/c1-11(18)12-4-5-14(13(16)10-12)17-8-6-15(2,3)7-9-17/h4-5,10-11,18H,6-9H2,1-3H3/t11-/m0/s1. The number of rotatable bonds is 2. The third-order valence-electron chi connectivity index (χ3n) is 3.91. The maximum Gasteiger partial charge on any atom is 0.0762 e. The van der Waals surface area contributed by atoms with Crippen molar-refractivity contribution < 1.29 is 5.11 Å². The van der Waals surface area contributed by atoms with Gasteiger partial charge in [-0.2, -0.15) is 0 Å². The van der Waals surface area contributed by atoms with Gasteiger partial charge < -0.3 is 10.0 Å². The molecule has 0 spiro atoms. The Balaban J connectivity index is 2.15. The highest BCUT2D eigenvalue weighted by Crippen LogP contribution is 2.35. The fourth-order valence-electron chi connectivity index (χ4n) is 2.39. The lowest BCUT2D eigenvalue weighted by atomic mass is 9.82. The highest BCUT2D eigenvalue weighted by atomic mass is 35.5. The van der Waals surface area contributed by atoms with Crippen molar-refractivity contribution in [3.05, 3.63) is 28.8 Å². The van der Waals surface area contributed by atoms with E-state index in [1.54, 1.807) is 6.92 Å². The van der Waals surface area contributed by atoms with Crippen LogP contribution < -0.4 is 4.90 Å². The van der Waals surface area contributed by atoms with Crippen LogP contribution in [0, 0.1) is 5.41 Å². The number of hydrogen-bond donors (Lipinski definition) is 1. The number of aliphatic hydroxyl groups is 1. The predicted octanol–water partition coefficient (Wildman–Crippen LogP) is 4.02. The van der Waals surface area contributed by atoms with Gasteiger partial charge in [-0.15, -0.1) is 0 Å². The maximum absolute atomic E-state index is 9.55. The van der Waals surface area contributed by atoms with Crippen LogP contribution in [0.4, 0.5) is 5.69 Å². The number of halogens is 1. The summed E-state index contributed by atoms with van der Waals surface area (Å²) in [6, 6.07) is 5.87. The van der Waals surface area contributed by atoms with Crippen molar-refractivity contribution in [2.75, 3.05) is 18.0 Å². The molecule has 1 aliphatic rings. The van der Waals surface area contributed by atoms with Gasteiger partial charge in [0.15, 0.2) is 0 Å². The molecule has 0 saturated carbocycles. The topological polar surface area (TPSA) is 23.5 Å². The summed E-state index contributed by atoms with van der Waals surface area (Å²) in [4.78, 5) is 2.35. The summed E-state index contributed by atoms with van der Waals surface area (Å²) in [6.07, 6.45) is 1.93. The Hall–Kier alpha value is -0.730. The second-order valence-corrected chi connectivity index (χ2v) is 6.45. The molecule has 0 aromatic heterocycles. The summed E-state index contributed by atoms with van der Waals surface area (Å²) in [5.74, 6) is 0. The van der Waals surface area contributed by atoms with Gasteiger partial charge in [0.25, 0.3) is 0 Å². The van der Waals surface area contributed by atoms with Crippen LogP contribution in [0.5, 0.6) is 0 Å². The van der Waals surface area contributed by atoms with Crippen molar-refractivity contribution in [1.82, 2.24) is 0 Å². The molecule has 0 bridgehead atoms. The first-order valence-electron chi connectivity index (χ1n) is 6.61. The van der Waals surface area contributed by atoms with Gasteiger partial charge in [0.05, 0.1) is 16.8 Å². The van der Waals surface area contributed by atoms with Crippen LogP contribution in [0.1, 0.15) is 45.3 Å². The zero-order valence-corrected chi connectivity index (χ0v) is 12.2. The highest BCUT2D eigenvalue weighted by molar-refractivity contribution is 6.33. The molecule has 1 N–H and O–H groups in total. The predicted molar refractivity (Wildman–Crippen MR) is 77.3 cm³/mol. The van der Waals surface area contributed by atoms with Crippen LogP contribution in [-0.2, 0) is 0 Å². The normalized spacial score (nSPS) is 20.8. The molecule has 2 rings (SSSR count). The van der Waals surface area contributed by atoms with E-state index in [-0.39, 0.29) is 0 Å². The SMILES string of the molecule is C[C@H](O)c1ccc(N2CCC(C)(C)CC2)c(Cl)c1. The van der Waals surface area contributed by atoms with E-state index in [2.05, 4.69) is 18.7 Å². The summed E-state index contributed by atoms with van der Waals surface area (Å²) >= 11 is 6.33. The second-order valence-electron chi connectivity index (χ2n) is 6.04. The van der Waals surface area contributed by atoms with Gasteiger partial charge in [0.1, 0.15) is 0 Å². The average Bonchev–Trinajstić information content (AvgIpc) is 2.29. The maximum atomic E-state index is 9.55. The molecule has 0 unspecified atom stereocenters.